The molecule has 184 valence electrons. The molecule has 0 bridgehead atoms. The Morgan fingerprint density at radius 2 is 1.86 bits per heavy atom. The van der Waals surface area contributed by atoms with E-state index in [1.807, 2.05) is 46.3 Å². The van der Waals surface area contributed by atoms with Crippen LogP contribution in [0.1, 0.15) is 29.9 Å². The van der Waals surface area contributed by atoms with Crippen molar-refractivity contribution in [2.45, 2.75) is 32.5 Å². The molecule has 2 aromatic heterocycles. The highest BCUT2D eigenvalue weighted by Crippen LogP contribution is 2.37. The molecule has 0 saturated carbocycles. The molecule has 4 aromatic rings. The first kappa shape index (κ1) is 23.6. The molecular weight excluding hydrogens is 476 g/mol. The summed E-state index contributed by atoms with van der Waals surface area (Å²) in [4.78, 5) is 41.7. The molecule has 1 aliphatic heterocycles. The van der Waals surface area contributed by atoms with Crippen molar-refractivity contribution in [1.82, 2.24) is 9.88 Å². The van der Waals surface area contributed by atoms with Crippen LogP contribution in [0.25, 0.3) is 10.2 Å². The van der Waals surface area contributed by atoms with Gasteiger partial charge >= 0.3 is 0 Å². The van der Waals surface area contributed by atoms with Gasteiger partial charge in [0.1, 0.15) is 21.8 Å². The van der Waals surface area contributed by atoms with Gasteiger partial charge in [-0.1, -0.05) is 18.2 Å². The summed E-state index contributed by atoms with van der Waals surface area (Å²) in [6.07, 6.45) is 0. The molecule has 1 atom stereocenters. The second kappa shape index (κ2) is 9.16. The first-order valence-corrected chi connectivity index (χ1v) is 12.4. The Labute approximate surface area is 212 Å². The summed E-state index contributed by atoms with van der Waals surface area (Å²) < 4.78 is 7.36. The van der Waals surface area contributed by atoms with Crippen LogP contribution in [0.2, 0.25) is 0 Å². The monoisotopic (exact) mass is 502 g/mol. The molecule has 5 rings (SSSR count). The molecule has 0 radical (unpaired) electrons. The Bertz CT molecular complexity index is 1470. The molecule has 1 aliphatic rings. The molecular formula is C27H26N4O4S. The number of methoxy groups -OCH3 is 1. The van der Waals surface area contributed by atoms with E-state index in [2.05, 4.69) is 10.6 Å². The molecule has 0 saturated heterocycles. The Hall–Kier alpha value is -4.11. The largest absolute Gasteiger partial charge is 0.496 e. The number of hydrogen-bond donors (Lipinski definition) is 2. The van der Waals surface area contributed by atoms with Crippen molar-refractivity contribution in [3.63, 3.8) is 0 Å². The van der Waals surface area contributed by atoms with E-state index < -0.39 is 5.54 Å². The highest BCUT2D eigenvalue weighted by Gasteiger charge is 2.48. The number of nitrogens with zero attached hydrogens (tertiary/aromatic N) is 2. The summed E-state index contributed by atoms with van der Waals surface area (Å²) >= 11 is 1.55. The van der Waals surface area contributed by atoms with Crippen molar-refractivity contribution < 1.29 is 19.1 Å². The molecule has 0 aliphatic carbocycles. The second-order valence-corrected chi connectivity index (χ2v) is 9.83. The maximum atomic E-state index is 13.9. The molecule has 9 heteroatoms. The second-order valence-electron chi connectivity index (χ2n) is 8.93. The predicted molar refractivity (Wildman–Crippen MR) is 141 cm³/mol. The fourth-order valence-electron chi connectivity index (χ4n) is 4.71. The van der Waals surface area contributed by atoms with Crippen molar-refractivity contribution in [2.75, 3.05) is 17.3 Å². The fourth-order valence-corrected chi connectivity index (χ4v) is 5.61. The van der Waals surface area contributed by atoms with Gasteiger partial charge < -0.3 is 19.9 Å². The molecule has 2 N–H and O–H groups in total. The van der Waals surface area contributed by atoms with Crippen LogP contribution in [-0.2, 0) is 22.7 Å². The van der Waals surface area contributed by atoms with Gasteiger partial charge in [0.15, 0.2) is 0 Å². The normalized spacial score (nSPS) is 17.1. The summed E-state index contributed by atoms with van der Waals surface area (Å²) in [6.45, 7) is 3.77. The zero-order chi connectivity index (χ0) is 25.4. The smallest absolute Gasteiger partial charge is 0.275 e. The summed E-state index contributed by atoms with van der Waals surface area (Å²) in [6, 6.07) is 18.3. The Morgan fingerprint density at radius 1 is 1.11 bits per heavy atom. The van der Waals surface area contributed by atoms with Crippen molar-refractivity contribution in [1.29, 1.82) is 0 Å². The standard InChI is InChI=1S/C27H26N4O4S/c1-17(32)29-20-8-10-21(11-9-20)31-24(33)22-14-18-12-13-36-25(18)30(22)16-27(31,2)26(34)28-15-19-6-4-5-7-23(19)35-3/h4-14H,15-16H2,1-3H3,(H,28,34)(H,29,32). The van der Waals surface area contributed by atoms with Gasteiger partial charge in [-0.2, -0.15) is 0 Å². The van der Waals surface area contributed by atoms with E-state index >= 15 is 0 Å². The predicted octanol–water partition coefficient (Wildman–Crippen LogP) is 4.41. The lowest BCUT2D eigenvalue weighted by Gasteiger charge is -2.44. The number of aromatic nitrogens is 1. The van der Waals surface area contributed by atoms with Crippen LogP contribution in [-0.4, -0.2) is 34.9 Å². The van der Waals surface area contributed by atoms with Crippen LogP contribution < -0.4 is 20.3 Å². The van der Waals surface area contributed by atoms with Gasteiger partial charge in [-0.05, 0) is 54.8 Å². The van der Waals surface area contributed by atoms with Gasteiger partial charge in [-0.25, -0.2) is 0 Å². The average molecular weight is 503 g/mol. The summed E-state index contributed by atoms with van der Waals surface area (Å²) in [7, 11) is 1.59. The van der Waals surface area contributed by atoms with Gasteiger partial charge in [0.05, 0.1) is 13.7 Å². The third-order valence-corrected chi connectivity index (χ3v) is 7.40. The first-order valence-electron chi connectivity index (χ1n) is 11.5. The number of hydrogen-bond acceptors (Lipinski definition) is 5. The SMILES string of the molecule is COc1ccccc1CNC(=O)C1(C)Cn2c(cc3ccsc32)C(=O)N1c1ccc(NC(C)=O)cc1. The molecule has 2 aromatic carbocycles. The van der Waals surface area contributed by atoms with Crippen LogP contribution in [0.4, 0.5) is 11.4 Å². The highest BCUT2D eigenvalue weighted by atomic mass is 32.1. The number of fused-ring (bicyclic) bond motifs is 3. The number of carbonyl (C=O) groups is 3. The van der Waals surface area contributed by atoms with E-state index in [4.69, 9.17) is 4.74 Å². The van der Waals surface area contributed by atoms with Crippen molar-refractivity contribution in [3.05, 3.63) is 77.3 Å². The van der Waals surface area contributed by atoms with E-state index in [1.54, 1.807) is 54.5 Å². The van der Waals surface area contributed by atoms with E-state index in [-0.39, 0.29) is 24.3 Å². The number of thiophene rings is 1. The van der Waals surface area contributed by atoms with Gasteiger partial charge in [-0.3, -0.25) is 19.3 Å². The molecule has 1 unspecified atom stereocenters. The maximum Gasteiger partial charge on any atom is 0.275 e. The van der Waals surface area contributed by atoms with Crippen LogP contribution >= 0.6 is 11.3 Å². The number of anilines is 2. The number of rotatable bonds is 6. The van der Waals surface area contributed by atoms with E-state index in [0.29, 0.717) is 29.4 Å². The van der Waals surface area contributed by atoms with Gasteiger partial charge in [0, 0.05) is 35.8 Å². The number of carbonyl (C=O) groups excluding carboxylic acids is 3. The van der Waals surface area contributed by atoms with Crippen LogP contribution in [0.3, 0.4) is 0 Å². The number of para-hydroxylation sites is 1. The van der Waals surface area contributed by atoms with Crippen molar-refractivity contribution >= 4 is 50.6 Å². The zero-order valence-corrected chi connectivity index (χ0v) is 21.0. The molecule has 3 amide bonds. The summed E-state index contributed by atoms with van der Waals surface area (Å²) in [5.74, 6) is -0.0417. The quantitative estimate of drug-likeness (QED) is 0.409. The molecule has 0 fully saturated rings. The van der Waals surface area contributed by atoms with E-state index in [0.717, 1.165) is 15.8 Å². The zero-order valence-electron chi connectivity index (χ0n) is 20.2. The van der Waals surface area contributed by atoms with Crippen LogP contribution in [0.15, 0.2) is 66.0 Å². The van der Waals surface area contributed by atoms with E-state index in [1.165, 1.54) is 6.92 Å². The third kappa shape index (κ3) is 4.01. The Balaban J connectivity index is 1.53. The van der Waals surface area contributed by atoms with Gasteiger partial charge in [0.25, 0.3) is 5.91 Å². The summed E-state index contributed by atoms with van der Waals surface area (Å²) in [5, 5.41) is 8.72. The van der Waals surface area contributed by atoms with Gasteiger partial charge in [-0.15, -0.1) is 11.3 Å². The lowest BCUT2D eigenvalue weighted by molar-refractivity contribution is -0.126. The van der Waals surface area contributed by atoms with E-state index in [9.17, 15) is 14.4 Å². The number of benzene rings is 2. The molecule has 3 heterocycles. The molecule has 36 heavy (non-hydrogen) atoms. The lowest BCUT2D eigenvalue weighted by atomic mass is 9.93. The Kier molecular flexibility index (Phi) is 6.01. The number of ether oxygens (including phenoxy) is 1. The maximum absolute atomic E-state index is 13.9. The van der Waals surface area contributed by atoms with Gasteiger partial charge in [0.2, 0.25) is 11.8 Å². The topological polar surface area (TPSA) is 92.7 Å². The highest BCUT2D eigenvalue weighted by molar-refractivity contribution is 7.16. The van der Waals surface area contributed by atoms with Crippen molar-refractivity contribution in [2.24, 2.45) is 0 Å². The van der Waals surface area contributed by atoms with Crippen LogP contribution in [0, 0.1) is 0 Å². The number of amides is 3. The first-order chi connectivity index (χ1) is 17.3. The average Bonchev–Trinajstić information content (AvgIpc) is 3.46. The summed E-state index contributed by atoms with van der Waals surface area (Å²) in [5.41, 5.74) is 1.35. The van der Waals surface area contributed by atoms with Crippen LogP contribution in [0.5, 0.6) is 5.75 Å². The minimum Gasteiger partial charge on any atom is -0.496 e. The Morgan fingerprint density at radius 3 is 2.58 bits per heavy atom. The third-order valence-electron chi connectivity index (χ3n) is 6.45. The number of nitrogens with one attached hydrogen (secondary N) is 2. The molecule has 0 spiro atoms. The minimum absolute atomic E-state index is 0.185. The van der Waals surface area contributed by atoms with Crippen molar-refractivity contribution in [3.8, 4) is 5.75 Å². The minimum atomic E-state index is -1.21. The lowest BCUT2D eigenvalue weighted by Crippen LogP contribution is -2.64. The molecule has 8 nitrogen and oxygen atoms in total. The fraction of sp³-hybridized carbons (Fsp3) is 0.222.